The van der Waals surface area contributed by atoms with E-state index in [2.05, 4.69) is 18.8 Å². The van der Waals surface area contributed by atoms with Crippen LogP contribution in [-0.4, -0.2) is 16.5 Å². The van der Waals surface area contributed by atoms with Gasteiger partial charge in [-0.15, -0.1) is 11.8 Å². The third kappa shape index (κ3) is 3.30. The standard InChI is InChI=1S/C26H37NOS/c1-25-13-4-3-5-18(25)6-7-20-21-8-9-23(26(21,2)14-10-22(20)25)24(28)17-29-19-11-15-27-16-12-19/h11-12,15-16,18,20-23H,3-10,13-14,17H2,1-2H3/t18-,20-,21-,22-,23+,25-,26-/m0/s1. The first-order chi connectivity index (χ1) is 14.0. The van der Waals surface area contributed by atoms with Crippen LogP contribution in [0.25, 0.3) is 0 Å². The molecule has 0 spiro atoms. The number of hydrogen-bond donors (Lipinski definition) is 0. The normalized spacial score (nSPS) is 43.9. The van der Waals surface area contributed by atoms with Gasteiger partial charge >= 0.3 is 0 Å². The first-order valence-electron chi connectivity index (χ1n) is 12.1. The molecule has 1 heterocycles. The molecular weight excluding hydrogens is 374 g/mol. The van der Waals surface area contributed by atoms with Crippen molar-refractivity contribution in [2.24, 2.45) is 40.4 Å². The number of ketones is 1. The van der Waals surface area contributed by atoms with Gasteiger partial charge in [-0.1, -0.05) is 26.7 Å². The van der Waals surface area contributed by atoms with Gasteiger partial charge in [-0.25, -0.2) is 0 Å². The fourth-order valence-electron chi connectivity index (χ4n) is 8.51. The predicted octanol–water partition coefficient (Wildman–Crippen LogP) is 6.79. The van der Waals surface area contributed by atoms with Crippen molar-refractivity contribution in [1.82, 2.24) is 4.98 Å². The molecule has 1 aromatic rings. The summed E-state index contributed by atoms with van der Waals surface area (Å²) in [5, 5.41) is 0. The summed E-state index contributed by atoms with van der Waals surface area (Å²) in [6.45, 7) is 5.15. The maximum Gasteiger partial charge on any atom is 0.146 e. The molecule has 1 aromatic heterocycles. The highest BCUT2D eigenvalue weighted by Gasteiger charge is 2.60. The van der Waals surface area contributed by atoms with E-state index in [1.165, 1.54) is 62.7 Å². The lowest BCUT2D eigenvalue weighted by molar-refractivity contribution is -0.133. The molecule has 4 aliphatic carbocycles. The maximum absolute atomic E-state index is 13.3. The summed E-state index contributed by atoms with van der Waals surface area (Å²) < 4.78 is 0. The van der Waals surface area contributed by atoms with Crippen LogP contribution in [0.3, 0.4) is 0 Å². The molecule has 0 aliphatic heterocycles. The summed E-state index contributed by atoms with van der Waals surface area (Å²) in [5.74, 6) is 5.02. The van der Waals surface area contributed by atoms with Crippen LogP contribution in [0.2, 0.25) is 0 Å². The smallest absolute Gasteiger partial charge is 0.146 e. The Balaban J connectivity index is 1.30. The van der Waals surface area contributed by atoms with Crippen molar-refractivity contribution in [3.8, 4) is 0 Å². The van der Waals surface area contributed by atoms with Crippen molar-refractivity contribution in [2.45, 2.75) is 83.0 Å². The van der Waals surface area contributed by atoms with Gasteiger partial charge in [-0.3, -0.25) is 9.78 Å². The molecule has 0 saturated heterocycles. The number of fused-ring (bicyclic) bond motifs is 5. The van der Waals surface area contributed by atoms with Gasteiger partial charge in [0, 0.05) is 23.2 Å². The van der Waals surface area contributed by atoms with Crippen LogP contribution in [0.4, 0.5) is 0 Å². The largest absolute Gasteiger partial charge is 0.298 e. The minimum atomic E-state index is 0.259. The lowest BCUT2D eigenvalue weighted by Crippen LogP contribution is -2.53. The summed E-state index contributed by atoms with van der Waals surface area (Å²) in [7, 11) is 0. The number of nitrogens with zero attached hydrogens (tertiary/aromatic N) is 1. The Morgan fingerprint density at radius 1 is 0.966 bits per heavy atom. The molecule has 0 bridgehead atoms. The minimum Gasteiger partial charge on any atom is -0.298 e. The molecule has 158 valence electrons. The molecule has 0 amide bonds. The predicted molar refractivity (Wildman–Crippen MR) is 120 cm³/mol. The molecular formula is C26H37NOS. The fourth-order valence-corrected chi connectivity index (χ4v) is 9.34. The second-order valence-electron chi connectivity index (χ2n) is 11.0. The second kappa shape index (κ2) is 7.70. The second-order valence-corrected chi connectivity index (χ2v) is 12.1. The van der Waals surface area contributed by atoms with E-state index in [-0.39, 0.29) is 5.41 Å². The van der Waals surface area contributed by atoms with Gasteiger partial charge < -0.3 is 0 Å². The van der Waals surface area contributed by atoms with Gasteiger partial charge in [0.15, 0.2) is 0 Å². The van der Waals surface area contributed by atoms with Gasteiger partial charge in [0.1, 0.15) is 5.78 Å². The molecule has 0 aromatic carbocycles. The summed E-state index contributed by atoms with van der Waals surface area (Å²) in [6.07, 6.45) is 17.5. The number of pyridine rings is 1. The Morgan fingerprint density at radius 2 is 1.76 bits per heavy atom. The lowest BCUT2D eigenvalue weighted by Gasteiger charge is -2.60. The van der Waals surface area contributed by atoms with E-state index in [1.807, 2.05) is 24.5 Å². The highest BCUT2D eigenvalue weighted by Crippen LogP contribution is 2.67. The van der Waals surface area contributed by atoms with Gasteiger partial charge in [-0.05, 0) is 98.0 Å². The van der Waals surface area contributed by atoms with Crippen LogP contribution in [-0.2, 0) is 4.79 Å². The van der Waals surface area contributed by atoms with E-state index in [9.17, 15) is 4.79 Å². The first kappa shape index (κ1) is 20.1. The topological polar surface area (TPSA) is 30.0 Å². The van der Waals surface area contributed by atoms with Crippen LogP contribution in [0, 0.1) is 40.4 Å². The third-order valence-electron chi connectivity index (χ3n) is 10.0. The van der Waals surface area contributed by atoms with Crippen LogP contribution in [0.15, 0.2) is 29.4 Å². The van der Waals surface area contributed by atoms with Crippen LogP contribution in [0.1, 0.15) is 78.1 Å². The van der Waals surface area contributed by atoms with Crippen LogP contribution >= 0.6 is 11.8 Å². The zero-order valence-corrected chi connectivity index (χ0v) is 19.1. The first-order valence-corrected chi connectivity index (χ1v) is 13.1. The molecule has 4 aliphatic rings. The van der Waals surface area contributed by atoms with E-state index >= 15 is 0 Å². The number of Topliss-reactive ketones (excluding diaryl/α,β-unsaturated/α-hetero) is 1. The summed E-state index contributed by atoms with van der Waals surface area (Å²) >= 11 is 1.70. The minimum absolute atomic E-state index is 0.259. The number of carbonyl (C=O) groups is 1. The third-order valence-corrected chi connectivity index (χ3v) is 11.0. The van der Waals surface area contributed by atoms with Crippen molar-refractivity contribution < 1.29 is 4.79 Å². The summed E-state index contributed by atoms with van der Waals surface area (Å²) in [4.78, 5) is 18.5. The molecule has 5 rings (SSSR count). The molecule has 0 unspecified atom stereocenters. The van der Waals surface area contributed by atoms with Crippen molar-refractivity contribution in [3.05, 3.63) is 24.5 Å². The van der Waals surface area contributed by atoms with E-state index < -0.39 is 0 Å². The van der Waals surface area contributed by atoms with Crippen LogP contribution in [0.5, 0.6) is 0 Å². The number of thioether (sulfide) groups is 1. The molecule has 4 fully saturated rings. The average molecular weight is 412 g/mol. The molecule has 0 N–H and O–H groups in total. The Bertz CT molecular complexity index is 750. The van der Waals surface area contributed by atoms with E-state index in [1.54, 1.807) is 11.8 Å². The molecule has 29 heavy (non-hydrogen) atoms. The molecule has 4 saturated carbocycles. The highest BCUT2D eigenvalue weighted by molar-refractivity contribution is 8.00. The van der Waals surface area contributed by atoms with Gasteiger partial charge in [0.05, 0.1) is 5.75 Å². The molecule has 0 radical (unpaired) electrons. The van der Waals surface area contributed by atoms with E-state index in [4.69, 9.17) is 0 Å². The molecule has 7 atom stereocenters. The Labute approximate surface area is 181 Å². The molecule has 2 nitrogen and oxygen atoms in total. The van der Waals surface area contributed by atoms with Crippen LogP contribution < -0.4 is 0 Å². The Kier molecular flexibility index (Phi) is 5.33. The maximum atomic E-state index is 13.3. The van der Waals surface area contributed by atoms with E-state index in [0.29, 0.717) is 22.9 Å². The Morgan fingerprint density at radius 3 is 2.59 bits per heavy atom. The Hall–Kier alpha value is -0.830. The number of carbonyl (C=O) groups excluding carboxylic acids is 1. The molecule has 3 heteroatoms. The van der Waals surface area contributed by atoms with Crippen molar-refractivity contribution in [1.29, 1.82) is 0 Å². The zero-order chi connectivity index (χ0) is 20.1. The highest BCUT2D eigenvalue weighted by atomic mass is 32.2. The summed E-state index contributed by atoms with van der Waals surface area (Å²) in [6, 6.07) is 4.04. The number of aromatic nitrogens is 1. The quantitative estimate of drug-likeness (QED) is 0.511. The van der Waals surface area contributed by atoms with Crippen molar-refractivity contribution >= 4 is 17.5 Å². The van der Waals surface area contributed by atoms with Crippen molar-refractivity contribution in [2.75, 3.05) is 5.75 Å². The SMILES string of the molecule is C[C@]12CCCC[C@H]1CC[C@@H]1[C@@H]2CC[C@]2(C)[C@@H](C(=O)CSc3ccncc3)CC[C@@H]12. The van der Waals surface area contributed by atoms with Gasteiger partial charge in [0.2, 0.25) is 0 Å². The summed E-state index contributed by atoms with van der Waals surface area (Å²) in [5.41, 5.74) is 0.858. The van der Waals surface area contributed by atoms with Gasteiger partial charge in [0.25, 0.3) is 0 Å². The average Bonchev–Trinajstić information content (AvgIpc) is 3.09. The number of rotatable bonds is 4. The number of hydrogen-bond acceptors (Lipinski definition) is 3. The fraction of sp³-hybridized carbons (Fsp3) is 0.769. The monoisotopic (exact) mass is 411 g/mol. The van der Waals surface area contributed by atoms with E-state index in [0.717, 1.165) is 30.1 Å². The zero-order valence-electron chi connectivity index (χ0n) is 18.2. The van der Waals surface area contributed by atoms with Gasteiger partial charge in [-0.2, -0.15) is 0 Å². The lowest BCUT2D eigenvalue weighted by atomic mass is 9.45. The van der Waals surface area contributed by atoms with Crippen molar-refractivity contribution in [3.63, 3.8) is 0 Å².